The van der Waals surface area contributed by atoms with Gasteiger partial charge in [-0.3, -0.25) is 0 Å². The fraction of sp³-hybridized carbons (Fsp3) is 0.250. The highest BCUT2D eigenvalue weighted by Crippen LogP contribution is 2.24. The van der Waals surface area contributed by atoms with Crippen molar-refractivity contribution in [3.63, 3.8) is 0 Å². The first-order valence-electron chi connectivity index (χ1n) is 6.54. The summed E-state index contributed by atoms with van der Waals surface area (Å²) in [5, 5.41) is 22.5. The van der Waals surface area contributed by atoms with Crippen LogP contribution in [0.3, 0.4) is 0 Å². The smallest absolute Gasteiger partial charge is 0.127 e. The van der Waals surface area contributed by atoms with Crippen molar-refractivity contribution in [2.45, 2.75) is 12.2 Å². The van der Waals surface area contributed by atoms with Crippen molar-refractivity contribution < 1.29 is 14.9 Å². The number of aliphatic hydroxyl groups excluding tert-OH is 2. The Morgan fingerprint density at radius 2 is 1.55 bits per heavy atom. The molecule has 2 rings (SSSR count). The summed E-state index contributed by atoms with van der Waals surface area (Å²) in [7, 11) is 1.73. The summed E-state index contributed by atoms with van der Waals surface area (Å²) in [6.45, 7) is 0.337. The third-order valence-corrected chi connectivity index (χ3v) is 2.98. The predicted octanol–water partition coefficient (Wildman–Crippen LogP) is 2.09. The molecule has 106 valence electrons. The van der Waals surface area contributed by atoms with Crippen molar-refractivity contribution in [2.24, 2.45) is 0 Å². The molecule has 2 atom stereocenters. The van der Waals surface area contributed by atoms with E-state index in [9.17, 15) is 10.2 Å². The number of nitrogens with one attached hydrogen (secondary N) is 1. The average molecular weight is 273 g/mol. The monoisotopic (exact) mass is 273 g/mol. The van der Waals surface area contributed by atoms with Gasteiger partial charge in [0.25, 0.3) is 0 Å². The molecule has 0 aliphatic heterocycles. The molecule has 0 aromatic heterocycles. The number of likely N-dealkylation sites (N-methyl/N-ethyl adjacent to an activating group) is 1. The van der Waals surface area contributed by atoms with E-state index >= 15 is 0 Å². The van der Waals surface area contributed by atoms with E-state index in [4.69, 9.17) is 4.74 Å². The summed E-state index contributed by atoms with van der Waals surface area (Å²) < 4.78 is 5.66. The van der Waals surface area contributed by atoms with E-state index in [2.05, 4.69) is 5.32 Å². The van der Waals surface area contributed by atoms with Gasteiger partial charge in [-0.25, -0.2) is 0 Å². The second-order valence-corrected chi connectivity index (χ2v) is 4.55. The standard InChI is InChI=1S/C16H19NO3/c1-17-11-15(18)16(19)12-7-9-14(10-8-12)20-13-5-3-2-4-6-13/h2-10,15-19H,11H2,1H3. The Kier molecular flexibility index (Phi) is 5.12. The van der Waals surface area contributed by atoms with Crippen LogP contribution in [0.5, 0.6) is 11.5 Å². The van der Waals surface area contributed by atoms with Crippen LogP contribution in [-0.4, -0.2) is 29.9 Å². The third-order valence-electron chi connectivity index (χ3n) is 2.98. The molecular formula is C16H19NO3. The van der Waals surface area contributed by atoms with Crippen LogP contribution in [0.15, 0.2) is 54.6 Å². The molecular weight excluding hydrogens is 254 g/mol. The third kappa shape index (κ3) is 3.81. The molecule has 20 heavy (non-hydrogen) atoms. The molecule has 0 saturated heterocycles. The van der Waals surface area contributed by atoms with Crippen LogP contribution in [0.25, 0.3) is 0 Å². The SMILES string of the molecule is CNCC(O)C(O)c1ccc(Oc2ccccc2)cc1. The molecule has 0 aliphatic carbocycles. The number of hydrogen-bond acceptors (Lipinski definition) is 4. The molecule has 2 aromatic rings. The van der Waals surface area contributed by atoms with Crippen LogP contribution < -0.4 is 10.1 Å². The first-order valence-corrected chi connectivity index (χ1v) is 6.54. The van der Waals surface area contributed by atoms with Crippen LogP contribution in [-0.2, 0) is 0 Å². The molecule has 0 radical (unpaired) electrons. The maximum Gasteiger partial charge on any atom is 0.127 e. The molecule has 4 heteroatoms. The molecule has 0 fully saturated rings. The van der Waals surface area contributed by atoms with Crippen LogP contribution in [0.4, 0.5) is 0 Å². The van der Waals surface area contributed by atoms with Crippen molar-refractivity contribution in [3.05, 3.63) is 60.2 Å². The summed E-state index contributed by atoms with van der Waals surface area (Å²) in [4.78, 5) is 0. The number of aliphatic hydroxyl groups is 2. The zero-order valence-corrected chi connectivity index (χ0v) is 11.4. The number of benzene rings is 2. The molecule has 2 aromatic carbocycles. The van der Waals surface area contributed by atoms with E-state index in [1.165, 1.54) is 0 Å². The lowest BCUT2D eigenvalue weighted by atomic mass is 10.0. The normalized spacial score (nSPS) is 13.8. The second kappa shape index (κ2) is 7.05. The fourth-order valence-electron chi connectivity index (χ4n) is 1.90. The van der Waals surface area contributed by atoms with Crippen molar-refractivity contribution in [3.8, 4) is 11.5 Å². The van der Waals surface area contributed by atoms with Crippen LogP contribution >= 0.6 is 0 Å². The highest BCUT2D eigenvalue weighted by atomic mass is 16.5. The van der Waals surface area contributed by atoms with Gasteiger partial charge < -0.3 is 20.3 Å². The summed E-state index contributed by atoms with van der Waals surface area (Å²) in [6, 6.07) is 16.5. The maximum atomic E-state index is 9.97. The molecule has 0 aliphatic rings. The van der Waals surface area contributed by atoms with E-state index < -0.39 is 12.2 Å². The highest BCUT2D eigenvalue weighted by Gasteiger charge is 2.17. The molecule has 0 bridgehead atoms. The van der Waals surface area contributed by atoms with Crippen molar-refractivity contribution in [1.29, 1.82) is 0 Å². The van der Waals surface area contributed by atoms with Gasteiger partial charge in [0.15, 0.2) is 0 Å². The van der Waals surface area contributed by atoms with E-state index in [0.29, 0.717) is 17.9 Å². The van der Waals surface area contributed by atoms with E-state index in [-0.39, 0.29) is 0 Å². The van der Waals surface area contributed by atoms with E-state index in [1.54, 1.807) is 31.3 Å². The molecule has 4 nitrogen and oxygen atoms in total. The number of para-hydroxylation sites is 1. The van der Waals surface area contributed by atoms with E-state index in [1.807, 2.05) is 30.3 Å². The summed E-state index contributed by atoms with van der Waals surface area (Å²) in [5.74, 6) is 1.45. The van der Waals surface area contributed by atoms with Gasteiger partial charge in [-0.2, -0.15) is 0 Å². The largest absolute Gasteiger partial charge is 0.457 e. The minimum absolute atomic E-state index is 0.337. The fourth-order valence-corrected chi connectivity index (χ4v) is 1.90. The number of rotatable bonds is 6. The summed E-state index contributed by atoms with van der Waals surface area (Å²) in [6.07, 6.45) is -1.74. The Labute approximate surface area is 118 Å². The van der Waals surface area contributed by atoms with Gasteiger partial charge >= 0.3 is 0 Å². The van der Waals surface area contributed by atoms with Crippen LogP contribution in [0.1, 0.15) is 11.7 Å². The van der Waals surface area contributed by atoms with Crippen molar-refractivity contribution >= 4 is 0 Å². The minimum Gasteiger partial charge on any atom is -0.457 e. The van der Waals surface area contributed by atoms with Crippen molar-refractivity contribution in [1.82, 2.24) is 5.32 Å². The second-order valence-electron chi connectivity index (χ2n) is 4.55. The maximum absolute atomic E-state index is 9.97. The quantitative estimate of drug-likeness (QED) is 0.754. The highest BCUT2D eigenvalue weighted by molar-refractivity contribution is 5.33. The van der Waals surface area contributed by atoms with Gasteiger partial charge in [-0.05, 0) is 36.9 Å². The molecule has 0 heterocycles. The Morgan fingerprint density at radius 3 is 2.15 bits per heavy atom. The van der Waals surface area contributed by atoms with Crippen LogP contribution in [0.2, 0.25) is 0 Å². The predicted molar refractivity (Wildman–Crippen MR) is 77.9 cm³/mol. The Balaban J connectivity index is 2.03. The van der Waals surface area contributed by atoms with Gasteiger partial charge in [-0.15, -0.1) is 0 Å². The first-order chi connectivity index (χ1) is 9.70. The van der Waals surface area contributed by atoms with Gasteiger partial charge in [0, 0.05) is 6.54 Å². The summed E-state index contributed by atoms with van der Waals surface area (Å²) >= 11 is 0. The van der Waals surface area contributed by atoms with E-state index in [0.717, 1.165) is 5.75 Å². The Morgan fingerprint density at radius 1 is 0.950 bits per heavy atom. The molecule has 0 saturated carbocycles. The molecule has 3 N–H and O–H groups in total. The Bertz CT molecular complexity index is 513. The molecule has 2 unspecified atom stereocenters. The van der Waals surface area contributed by atoms with Gasteiger partial charge in [0.2, 0.25) is 0 Å². The van der Waals surface area contributed by atoms with Gasteiger partial charge in [0.1, 0.15) is 17.6 Å². The molecule has 0 amide bonds. The zero-order valence-electron chi connectivity index (χ0n) is 11.4. The lowest BCUT2D eigenvalue weighted by Gasteiger charge is -2.18. The van der Waals surface area contributed by atoms with Gasteiger partial charge in [-0.1, -0.05) is 30.3 Å². The number of hydrogen-bond donors (Lipinski definition) is 3. The zero-order chi connectivity index (χ0) is 14.4. The topological polar surface area (TPSA) is 61.7 Å². The minimum atomic E-state index is -0.909. The van der Waals surface area contributed by atoms with Gasteiger partial charge in [0.05, 0.1) is 6.10 Å². The average Bonchev–Trinajstić information content (AvgIpc) is 2.48. The van der Waals surface area contributed by atoms with Crippen molar-refractivity contribution in [2.75, 3.05) is 13.6 Å². The molecule has 0 spiro atoms. The summed E-state index contributed by atoms with van der Waals surface area (Å²) in [5.41, 5.74) is 0.660. The Hall–Kier alpha value is -1.88. The lowest BCUT2D eigenvalue weighted by molar-refractivity contribution is 0.0202. The van der Waals surface area contributed by atoms with Crippen LogP contribution in [0, 0.1) is 0 Å². The number of ether oxygens (including phenoxy) is 1. The lowest BCUT2D eigenvalue weighted by Crippen LogP contribution is -2.29. The first kappa shape index (κ1) is 14.5.